The monoisotopic (exact) mass is 211 g/mol. The van der Waals surface area contributed by atoms with E-state index in [1.54, 1.807) is 0 Å². The molecule has 1 saturated heterocycles. The van der Waals surface area contributed by atoms with Gasteiger partial charge in [0.05, 0.1) is 0 Å². The van der Waals surface area contributed by atoms with Gasteiger partial charge in [-0.3, -0.25) is 4.90 Å². The van der Waals surface area contributed by atoms with Crippen LogP contribution in [0.5, 0.6) is 0 Å². The molecule has 0 saturated carbocycles. The third-order valence-corrected chi connectivity index (χ3v) is 3.98. The van der Waals surface area contributed by atoms with Gasteiger partial charge in [-0.15, -0.1) is 0 Å². The first-order valence-corrected chi connectivity index (χ1v) is 6.98. The van der Waals surface area contributed by atoms with E-state index in [1.807, 2.05) is 0 Å². The minimum Gasteiger partial charge on any atom is -0.298 e. The first-order valence-electron chi connectivity index (χ1n) is 6.98. The Morgan fingerprint density at radius 3 is 2.13 bits per heavy atom. The van der Waals surface area contributed by atoms with Gasteiger partial charge in [0.1, 0.15) is 0 Å². The smallest absolute Gasteiger partial charge is 0.0181 e. The van der Waals surface area contributed by atoms with Crippen LogP contribution in [-0.2, 0) is 0 Å². The van der Waals surface area contributed by atoms with E-state index in [0.29, 0.717) is 5.54 Å². The summed E-state index contributed by atoms with van der Waals surface area (Å²) in [5, 5.41) is 0. The maximum atomic E-state index is 2.77. The zero-order valence-corrected chi connectivity index (χ0v) is 11.0. The molecule has 0 N–H and O–H groups in total. The Kier molecular flexibility index (Phi) is 5.66. The summed E-state index contributed by atoms with van der Waals surface area (Å²) in [5.41, 5.74) is 0.505. The van der Waals surface area contributed by atoms with Crippen molar-refractivity contribution in [3.8, 4) is 0 Å². The van der Waals surface area contributed by atoms with Crippen molar-refractivity contribution in [1.29, 1.82) is 0 Å². The molecule has 1 rings (SSSR count). The minimum absolute atomic E-state index is 0.505. The van der Waals surface area contributed by atoms with Crippen molar-refractivity contribution in [2.75, 3.05) is 13.1 Å². The summed E-state index contributed by atoms with van der Waals surface area (Å²) in [6.07, 6.45) is 11.1. The molecule has 0 aromatic heterocycles. The van der Waals surface area contributed by atoms with E-state index in [2.05, 4.69) is 25.7 Å². The molecule has 1 heterocycles. The highest BCUT2D eigenvalue weighted by Gasteiger charge is 2.30. The summed E-state index contributed by atoms with van der Waals surface area (Å²) in [7, 11) is 0. The maximum absolute atomic E-state index is 2.77. The van der Waals surface area contributed by atoms with Crippen LogP contribution < -0.4 is 0 Å². The number of piperidine rings is 1. The normalized spacial score (nSPS) is 22.6. The summed E-state index contributed by atoms with van der Waals surface area (Å²) < 4.78 is 0. The second-order valence-corrected chi connectivity index (χ2v) is 5.40. The Morgan fingerprint density at radius 2 is 1.60 bits per heavy atom. The maximum Gasteiger partial charge on any atom is 0.0181 e. The van der Waals surface area contributed by atoms with Crippen molar-refractivity contribution in [3.63, 3.8) is 0 Å². The van der Waals surface area contributed by atoms with E-state index < -0.39 is 0 Å². The second kappa shape index (κ2) is 6.52. The SMILES string of the molecule is CCCCC(C)(CCC)N1CCCCC1. The van der Waals surface area contributed by atoms with Crippen LogP contribution >= 0.6 is 0 Å². The third-order valence-electron chi connectivity index (χ3n) is 3.98. The zero-order chi connectivity index (χ0) is 11.1. The average molecular weight is 211 g/mol. The second-order valence-electron chi connectivity index (χ2n) is 5.40. The molecule has 0 aromatic carbocycles. The topological polar surface area (TPSA) is 3.24 Å². The van der Waals surface area contributed by atoms with Crippen molar-refractivity contribution >= 4 is 0 Å². The lowest BCUT2D eigenvalue weighted by molar-refractivity contribution is 0.0628. The van der Waals surface area contributed by atoms with Gasteiger partial charge < -0.3 is 0 Å². The molecule has 15 heavy (non-hydrogen) atoms. The van der Waals surface area contributed by atoms with E-state index in [0.717, 1.165) is 0 Å². The Labute approximate surface area is 96.2 Å². The molecule has 0 amide bonds. The van der Waals surface area contributed by atoms with Crippen LogP contribution in [0.3, 0.4) is 0 Å². The molecule has 1 fully saturated rings. The zero-order valence-electron chi connectivity index (χ0n) is 11.0. The fraction of sp³-hybridized carbons (Fsp3) is 1.00. The van der Waals surface area contributed by atoms with Gasteiger partial charge in [0.2, 0.25) is 0 Å². The summed E-state index contributed by atoms with van der Waals surface area (Å²) in [4.78, 5) is 2.77. The summed E-state index contributed by atoms with van der Waals surface area (Å²) >= 11 is 0. The molecule has 1 aliphatic rings. The van der Waals surface area contributed by atoms with Crippen molar-refractivity contribution in [2.45, 2.75) is 77.7 Å². The predicted molar refractivity (Wildman–Crippen MR) is 68.3 cm³/mol. The lowest BCUT2D eigenvalue weighted by atomic mass is 9.86. The lowest BCUT2D eigenvalue weighted by Gasteiger charge is -2.44. The molecule has 1 heteroatoms. The van der Waals surface area contributed by atoms with Crippen LogP contribution in [0.25, 0.3) is 0 Å². The number of hydrogen-bond donors (Lipinski definition) is 0. The number of rotatable bonds is 6. The highest BCUT2D eigenvalue weighted by Crippen LogP contribution is 2.30. The van der Waals surface area contributed by atoms with E-state index in [4.69, 9.17) is 0 Å². The van der Waals surface area contributed by atoms with Crippen LogP contribution in [-0.4, -0.2) is 23.5 Å². The van der Waals surface area contributed by atoms with E-state index in [1.165, 1.54) is 64.5 Å². The third kappa shape index (κ3) is 3.79. The Hall–Kier alpha value is -0.0400. The Balaban J connectivity index is 2.52. The quantitative estimate of drug-likeness (QED) is 0.636. The highest BCUT2D eigenvalue weighted by molar-refractivity contribution is 4.87. The average Bonchev–Trinajstić information content (AvgIpc) is 2.28. The molecule has 0 aliphatic carbocycles. The van der Waals surface area contributed by atoms with Gasteiger partial charge in [-0.1, -0.05) is 39.5 Å². The van der Waals surface area contributed by atoms with Gasteiger partial charge >= 0.3 is 0 Å². The first kappa shape index (κ1) is 13.0. The molecule has 0 radical (unpaired) electrons. The summed E-state index contributed by atoms with van der Waals surface area (Å²) in [6.45, 7) is 9.83. The Morgan fingerprint density at radius 1 is 0.933 bits per heavy atom. The van der Waals surface area contributed by atoms with Crippen LogP contribution in [0.4, 0.5) is 0 Å². The molecule has 0 bridgehead atoms. The van der Waals surface area contributed by atoms with Crippen LogP contribution in [0, 0.1) is 0 Å². The molecule has 0 spiro atoms. The van der Waals surface area contributed by atoms with Crippen molar-refractivity contribution in [1.82, 2.24) is 4.90 Å². The van der Waals surface area contributed by atoms with Crippen molar-refractivity contribution < 1.29 is 0 Å². The first-order chi connectivity index (χ1) is 7.23. The number of hydrogen-bond acceptors (Lipinski definition) is 1. The molecule has 90 valence electrons. The molecule has 1 nitrogen and oxygen atoms in total. The van der Waals surface area contributed by atoms with Gasteiger partial charge in [-0.25, -0.2) is 0 Å². The number of unbranched alkanes of at least 4 members (excludes halogenated alkanes) is 1. The minimum atomic E-state index is 0.505. The lowest BCUT2D eigenvalue weighted by Crippen LogP contribution is -2.48. The highest BCUT2D eigenvalue weighted by atomic mass is 15.2. The van der Waals surface area contributed by atoms with E-state index in [9.17, 15) is 0 Å². The summed E-state index contributed by atoms with van der Waals surface area (Å²) in [6, 6.07) is 0. The molecule has 1 atom stereocenters. The van der Waals surface area contributed by atoms with Crippen LogP contribution in [0.1, 0.15) is 72.1 Å². The molecule has 1 aliphatic heterocycles. The molecular formula is C14H29N. The molecule has 0 aromatic rings. The van der Waals surface area contributed by atoms with Gasteiger partial charge in [0.25, 0.3) is 0 Å². The van der Waals surface area contributed by atoms with E-state index >= 15 is 0 Å². The van der Waals surface area contributed by atoms with Gasteiger partial charge in [-0.05, 0) is 45.7 Å². The number of nitrogens with zero attached hydrogens (tertiary/aromatic N) is 1. The van der Waals surface area contributed by atoms with Gasteiger partial charge in [-0.2, -0.15) is 0 Å². The molecular weight excluding hydrogens is 182 g/mol. The fourth-order valence-corrected chi connectivity index (χ4v) is 2.97. The van der Waals surface area contributed by atoms with Crippen molar-refractivity contribution in [3.05, 3.63) is 0 Å². The standard InChI is InChI=1S/C14H29N/c1-4-6-11-14(3,10-5-2)15-12-8-7-9-13-15/h4-13H2,1-3H3. The Bertz CT molecular complexity index is 161. The van der Waals surface area contributed by atoms with Gasteiger partial charge in [0, 0.05) is 5.54 Å². The van der Waals surface area contributed by atoms with Crippen molar-refractivity contribution in [2.24, 2.45) is 0 Å². The van der Waals surface area contributed by atoms with Crippen LogP contribution in [0.2, 0.25) is 0 Å². The van der Waals surface area contributed by atoms with E-state index in [-0.39, 0.29) is 0 Å². The van der Waals surface area contributed by atoms with Gasteiger partial charge in [0.15, 0.2) is 0 Å². The molecule has 1 unspecified atom stereocenters. The predicted octanol–water partition coefficient (Wildman–Crippen LogP) is 4.22. The largest absolute Gasteiger partial charge is 0.298 e. The number of likely N-dealkylation sites (tertiary alicyclic amines) is 1. The fourth-order valence-electron chi connectivity index (χ4n) is 2.97. The van der Waals surface area contributed by atoms with Crippen LogP contribution in [0.15, 0.2) is 0 Å². The summed E-state index contributed by atoms with van der Waals surface area (Å²) in [5.74, 6) is 0.